The van der Waals surface area contributed by atoms with Crippen molar-refractivity contribution in [1.82, 2.24) is 0 Å². The Hall–Kier alpha value is -0.693. The van der Waals surface area contributed by atoms with Crippen molar-refractivity contribution in [3.63, 3.8) is 0 Å². The fourth-order valence-electron chi connectivity index (χ4n) is 1.76. The molecule has 6 heteroatoms. The summed E-state index contributed by atoms with van der Waals surface area (Å²) in [6.45, 7) is 10.1. The molecule has 0 aromatic carbocycles. The van der Waals surface area contributed by atoms with Crippen LogP contribution in [-0.2, 0) is 23.4 Å². The second kappa shape index (κ2) is 17.7. The molecule has 0 unspecified atom stereocenters. The summed E-state index contributed by atoms with van der Waals surface area (Å²) < 4.78 is 22.1. The van der Waals surface area contributed by atoms with Gasteiger partial charge in [0.2, 0.25) is 0 Å². The standard InChI is InChI=1S/C17H34O5Si/c1-4-7-11-20-17(21-12-8-5-2)15-22-23-14-10-9-13-19-16(18)6-3/h6,17H,3-5,7-15,23H2,1-2H3. The number of ether oxygens (including phenoxy) is 3. The van der Waals surface area contributed by atoms with E-state index < -0.39 is 9.76 Å². The number of carbonyl (C=O) groups excluding carboxylic acids is 1. The van der Waals surface area contributed by atoms with Crippen LogP contribution < -0.4 is 0 Å². The normalized spacial score (nSPS) is 11.4. The van der Waals surface area contributed by atoms with Gasteiger partial charge in [-0.05, 0) is 25.3 Å². The molecule has 5 nitrogen and oxygen atoms in total. The lowest BCUT2D eigenvalue weighted by molar-refractivity contribution is -0.159. The van der Waals surface area contributed by atoms with Gasteiger partial charge < -0.3 is 18.6 Å². The molecule has 0 saturated carbocycles. The van der Waals surface area contributed by atoms with Gasteiger partial charge in [-0.15, -0.1) is 0 Å². The second-order valence-electron chi connectivity index (χ2n) is 5.39. The van der Waals surface area contributed by atoms with E-state index in [9.17, 15) is 4.79 Å². The molecule has 0 aliphatic heterocycles. The first-order chi connectivity index (χ1) is 11.2. The van der Waals surface area contributed by atoms with E-state index in [0.29, 0.717) is 13.2 Å². The minimum absolute atomic E-state index is 0.228. The minimum Gasteiger partial charge on any atom is -0.463 e. The average Bonchev–Trinajstić information content (AvgIpc) is 2.56. The smallest absolute Gasteiger partial charge is 0.330 e. The number of unbranched alkanes of at least 4 members (excludes halogenated alkanes) is 3. The maximum atomic E-state index is 10.9. The Kier molecular flexibility index (Phi) is 17.1. The summed E-state index contributed by atoms with van der Waals surface area (Å²) in [6.07, 6.45) is 7.20. The summed E-state index contributed by atoms with van der Waals surface area (Å²) in [6, 6.07) is 1.07. The van der Waals surface area contributed by atoms with Crippen molar-refractivity contribution < 1.29 is 23.4 Å². The topological polar surface area (TPSA) is 54.0 Å². The predicted molar refractivity (Wildman–Crippen MR) is 95.2 cm³/mol. The SMILES string of the molecule is C=CC(=O)OCCCC[SiH2]OCC(OCCCC)OCCCC. The van der Waals surface area contributed by atoms with Crippen molar-refractivity contribution in [3.8, 4) is 0 Å². The summed E-state index contributed by atoms with van der Waals surface area (Å²) in [5.74, 6) is -0.352. The average molecular weight is 347 g/mol. The molecule has 0 amide bonds. The Morgan fingerprint density at radius 3 is 2.26 bits per heavy atom. The highest BCUT2D eigenvalue weighted by Gasteiger charge is 2.09. The van der Waals surface area contributed by atoms with Crippen LogP contribution in [0.4, 0.5) is 0 Å². The highest BCUT2D eigenvalue weighted by molar-refractivity contribution is 6.26. The van der Waals surface area contributed by atoms with Crippen LogP contribution in [0.5, 0.6) is 0 Å². The molecule has 0 aliphatic carbocycles. The Morgan fingerprint density at radius 1 is 1.04 bits per heavy atom. The lowest BCUT2D eigenvalue weighted by Gasteiger charge is -2.18. The molecule has 0 aliphatic rings. The van der Waals surface area contributed by atoms with Crippen LogP contribution in [0.3, 0.4) is 0 Å². The Morgan fingerprint density at radius 2 is 1.70 bits per heavy atom. The summed E-state index contributed by atoms with van der Waals surface area (Å²) in [5, 5.41) is 0. The second-order valence-corrected chi connectivity index (χ2v) is 6.91. The molecular weight excluding hydrogens is 312 g/mol. The molecule has 0 bridgehead atoms. The van der Waals surface area contributed by atoms with E-state index >= 15 is 0 Å². The van der Waals surface area contributed by atoms with Crippen LogP contribution >= 0.6 is 0 Å². The van der Waals surface area contributed by atoms with Gasteiger partial charge in [0.05, 0.1) is 13.2 Å². The van der Waals surface area contributed by atoms with E-state index in [1.165, 1.54) is 6.08 Å². The Balaban J connectivity index is 3.59. The van der Waals surface area contributed by atoms with Gasteiger partial charge in [0.1, 0.15) is 0 Å². The molecular formula is C17H34O5Si. The van der Waals surface area contributed by atoms with Crippen molar-refractivity contribution in [2.45, 2.75) is 64.7 Å². The Labute approximate surface area is 143 Å². The molecule has 0 aromatic rings. The molecule has 0 fully saturated rings. The fourth-order valence-corrected chi connectivity index (χ4v) is 2.88. The van der Waals surface area contributed by atoms with Crippen LogP contribution in [0.25, 0.3) is 0 Å². The quantitative estimate of drug-likeness (QED) is 0.133. The summed E-state index contributed by atoms with van der Waals surface area (Å²) >= 11 is 0. The summed E-state index contributed by atoms with van der Waals surface area (Å²) in [7, 11) is -0.562. The molecule has 0 atom stereocenters. The first kappa shape index (κ1) is 22.3. The summed E-state index contributed by atoms with van der Waals surface area (Å²) in [5.41, 5.74) is 0. The molecule has 0 rings (SSSR count). The molecule has 136 valence electrons. The van der Waals surface area contributed by atoms with E-state index in [1.807, 2.05) is 0 Å². The predicted octanol–water partition coefficient (Wildman–Crippen LogP) is 2.97. The van der Waals surface area contributed by atoms with Crippen molar-refractivity contribution in [1.29, 1.82) is 0 Å². The van der Waals surface area contributed by atoms with Gasteiger partial charge >= 0.3 is 5.97 Å². The number of hydrogen-bond acceptors (Lipinski definition) is 5. The molecule has 0 N–H and O–H groups in total. The molecule has 0 radical (unpaired) electrons. The molecule has 23 heavy (non-hydrogen) atoms. The summed E-state index contributed by atoms with van der Waals surface area (Å²) in [4.78, 5) is 10.9. The van der Waals surface area contributed by atoms with Crippen LogP contribution in [0.1, 0.15) is 52.4 Å². The van der Waals surface area contributed by atoms with Crippen molar-refractivity contribution in [2.75, 3.05) is 26.4 Å². The largest absolute Gasteiger partial charge is 0.463 e. The van der Waals surface area contributed by atoms with Gasteiger partial charge in [0.15, 0.2) is 16.1 Å². The number of rotatable bonds is 17. The van der Waals surface area contributed by atoms with Gasteiger partial charge in [-0.25, -0.2) is 4.79 Å². The zero-order chi connectivity index (χ0) is 17.2. The van der Waals surface area contributed by atoms with Gasteiger partial charge in [-0.2, -0.15) is 0 Å². The molecule has 0 saturated heterocycles. The maximum Gasteiger partial charge on any atom is 0.330 e. The molecule has 0 aromatic heterocycles. The third-order valence-electron chi connectivity index (χ3n) is 3.20. The Bertz CT molecular complexity index is 276. The maximum absolute atomic E-state index is 10.9. The van der Waals surface area contributed by atoms with Crippen molar-refractivity contribution >= 4 is 15.7 Å². The van der Waals surface area contributed by atoms with Gasteiger partial charge in [-0.1, -0.05) is 39.7 Å². The van der Waals surface area contributed by atoms with Gasteiger partial charge in [0.25, 0.3) is 0 Å². The number of esters is 1. The first-order valence-corrected chi connectivity index (χ1v) is 10.4. The van der Waals surface area contributed by atoms with Crippen LogP contribution in [0.15, 0.2) is 12.7 Å². The van der Waals surface area contributed by atoms with Gasteiger partial charge in [0, 0.05) is 19.3 Å². The van der Waals surface area contributed by atoms with Gasteiger partial charge in [-0.3, -0.25) is 0 Å². The lowest BCUT2D eigenvalue weighted by atomic mass is 10.3. The van der Waals surface area contributed by atoms with Crippen molar-refractivity contribution in [2.24, 2.45) is 0 Å². The van der Waals surface area contributed by atoms with Crippen molar-refractivity contribution in [3.05, 3.63) is 12.7 Å². The first-order valence-electron chi connectivity index (χ1n) is 8.84. The third kappa shape index (κ3) is 16.0. The highest BCUT2D eigenvalue weighted by Crippen LogP contribution is 2.03. The minimum atomic E-state index is -0.562. The van der Waals surface area contributed by atoms with E-state index in [-0.39, 0.29) is 12.3 Å². The lowest BCUT2D eigenvalue weighted by Crippen LogP contribution is -2.25. The van der Waals surface area contributed by atoms with E-state index in [1.54, 1.807) is 0 Å². The zero-order valence-corrected chi connectivity index (χ0v) is 16.3. The third-order valence-corrected chi connectivity index (χ3v) is 4.51. The molecule has 0 heterocycles. The van der Waals surface area contributed by atoms with E-state index in [0.717, 1.165) is 57.8 Å². The molecule has 0 spiro atoms. The highest BCUT2D eigenvalue weighted by atomic mass is 28.2. The van der Waals surface area contributed by atoms with Crippen LogP contribution in [-0.4, -0.2) is 48.4 Å². The number of hydrogen-bond donors (Lipinski definition) is 0. The van der Waals surface area contributed by atoms with E-state index in [4.69, 9.17) is 18.6 Å². The van der Waals surface area contributed by atoms with Crippen LogP contribution in [0, 0.1) is 0 Å². The zero-order valence-electron chi connectivity index (χ0n) is 14.9. The van der Waals surface area contributed by atoms with E-state index in [2.05, 4.69) is 20.4 Å². The number of carbonyl (C=O) groups is 1. The van der Waals surface area contributed by atoms with Crippen LogP contribution in [0.2, 0.25) is 6.04 Å². The fraction of sp³-hybridized carbons (Fsp3) is 0.824. The monoisotopic (exact) mass is 346 g/mol.